The van der Waals surface area contributed by atoms with Gasteiger partial charge in [-0.15, -0.1) is 10.2 Å². The highest BCUT2D eigenvalue weighted by molar-refractivity contribution is 5.76. The summed E-state index contributed by atoms with van der Waals surface area (Å²) in [4.78, 5) is 12.2. The Bertz CT molecular complexity index is 704. The molecule has 1 saturated carbocycles. The number of aromatic nitrogens is 2. The first-order valence-corrected chi connectivity index (χ1v) is 9.96. The number of carbonyl (C=O) groups is 1. The number of methoxy groups -OCH3 is 1. The third kappa shape index (κ3) is 6.38. The highest BCUT2D eigenvalue weighted by Gasteiger charge is 2.15. The van der Waals surface area contributed by atoms with E-state index in [1.807, 2.05) is 24.3 Å². The zero-order valence-electron chi connectivity index (χ0n) is 16.1. The minimum Gasteiger partial charge on any atom is -0.497 e. The van der Waals surface area contributed by atoms with Crippen molar-refractivity contribution < 1.29 is 13.9 Å². The summed E-state index contributed by atoms with van der Waals surface area (Å²) in [5.74, 6) is 2.08. The second-order valence-corrected chi connectivity index (χ2v) is 7.19. The third-order valence-electron chi connectivity index (χ3n) is 5.08. The number of carbonyl (C=O) groups excluding carboxylic acids is 1. The number of ether oxygens (including phenoxy) is 1. The largest absolute Gasteiger partial charge is 0.497 e. The Morgan fingerprint density at radius 1 is 1.04 bits per heavy atom. The standard InChI is InChI=1S/C21H29N3O3/c1-26-18-11-8-16(9-12-18)10-14-20-23-24-21(27-20)15-13-19(25)22-17-6-4-2-3-5-7-17/h8-9,11-12,17H,2-7,10,13-15H2,1H3,(H,22,25). The van der Waals surface area contributed by atoms with E-state index in [4.69, 9.17) is 9.15 Å². The fraction of sp³-hybridized carbons (Fsp3) is 0.571. The van der Waals surface area contributed by atoms with Crippen LogP contribution in [-0.4, -0.2) is 29.3 Å². The maximum absolute atomic E-state index is 12.2. The van der Waals surface area contributed by atoms with Crippen molar-refractivity contribution in [3.63, 3.8) is 0 Å². The minimum absolute atomic E-state index is 0.0832. The second kappa shape index (κ2) is 10.1. The van der Waals surface area contributed by atoms with Crippen LogP contribution in [0.15, 0.2) is 28.7 Å². The molecule has 0 unspecified atom stereocenters. The molecule has 1 fully saturated rings. The molecule has 3 rings (SSSR count). The fourth-order valence-electron chi connectivity index (χ4n) is 3.48. The molecular weight excluding hydrogens is 342 g/mol. The summed E-state index contributed by atoms with van der Waals surface area (Å²) >= 11 is 0. The molecule has 1 aliphatic carbocycles. The monoisotopic (exact) mass is 371 g/mol. The molecule has 1 N–H and O–H groups in total. The van der Waals surface area contributed by atoms with Gasteiger partial charge in [0.2, 0.25) is 17.7 Å². The number of aryl methyl sites for hydroxylation is 3. The Labute approximate surface area is 160 Å². The lowest BCUT2D eigenvalue weighted by atomic mass is 10.1. The topological polar surface area (TPSA) is 77.2 Å². The van der Waals surface area contributed by atoms with Gasteiger partial charge in [-0.1, -0.05) is 37.8 Å². The van der Waals surface area contributed by atoms with Crippen LogP contribution in [-0.2, 0) is 24.1 Å². The lowest BCUT2D eigenvalue weighted by Crippen LogP contribution is -2.34. The van der Waals surface area contributed by atoms with E-state index in [9.17, 15) is 4.79 Å². The van der Waals surface area contributed by atoms with Gasteiger partial charge in [0.1, 0.15) is 5.75 Å². The zero-order chi connectivity index (χ0) is 18.9. The minimum atomic E-state index is 0.0832. The van der Waals surface area contributed by atoms with Gasteiger partial charge < -0.3 is 14.5 Å². The molecule has 1 aliphatic rings. The van der Waals surface area contributed by atoms with Crippen LogP contribution in [0.25, 0.3) is 0 Å². The Kier molecular flexibility index (Phi) is 7.25. The molecule has 0 aliphatic heterocycles. The average molecular weight is 371 g/mol. The summed E-state index contributed by atoms with van der Waals surface area (Å²) < 4.78 is 10.8. The van der Waals surface area contributed by atoms with Crippen molar-refractivity contribution in [1.29, 1.82) is 0 Å². The summed E-state index contributed by atoms with van der Waals surface area (Å²) in [5, 5.41) is 11.3. The molecule has 2 aromatic rings. The van der Waals surface area contributed by atoms with Gasteiger partial charge >= 0.3 is 0 Å². The van der Waals surface area contributed by atoms with Crippen LogP contribution in [0.3, 0.4) is 0 Å². The highest BCUT2D eigenvalue weighted by atomic mass is 16.5. The molecule has 6 nitrogen and oxygen atoms in total. The number of hydrogen-bond acceptors (Lipinski definition) is 5. The molecule has 1 aromatic heterocycles. The maximum atomic E-state index is 12.2. The summed E-state index contributed by atoms with van der Waals surface area (Å²) in [6.07, 6.45) is 9.61. The lowest BCUT2D eigenvalue weighted by Gasteiger charge is -2.15. The van der Waals surface area contributed by atoms with Crippen LogP contribution < -0.4 is 10.1 Å². The van der Waals surface area contributed by atoms with Crippen LogP contribution in [0.2, 0.25) is 0 Å². The fourth-order valence-corrected chi connectivity index (χ4v) is 3.48. The molecule has 1 aromatic carbocycles. The van der Waals surface area contributed by atoms with Gasteiger partial charge in [0.05, 0.1) is 7.11 Å². The predicted molar refractivity (Wildman–Crippen MR) is 103 cm³/mol. The molecular formula is C21H29N3O3. The van der Waals surface area contributed by atoms with Gasteiger partial charge in [-0.3, -0.25) is 4.79 Å². The number of nitrogens with one attached hydrogen (secondary N) is 1. The highest BCUT2D eigenvalue weighted by Crippen LogP contribution is 2.17. The smallest absolute Gasteiger partial charge is 0.220 e. The summed E-state index contributed by atoms with van der Waals surface area (Å²) in [6, 6.07) is 8.30. The number of benzene rings is 1. The van der Waals surface area contributed by atoms with Crippen LogP contribution in [0, 0.1) is 0 Å². The Morgan fingerprint density at radius 2 is 1.70 bits per heavy atom. The molecule has 0 spiro atoms. The molecule has 1 heterocycles. The molecule has 6 heteroatoms. The lowest BCUT2D eigenvalue weighted by molar-refractivity contribution is -0.121. The molecule has 1 amide bonds. The molecule has 146 valence electrons. The van der Waals surface area contributed by atoms with Crippen LogP contribution in [0.1, 0.15) is 62.3 Å². The van der Waals surface area contributed by atoms with E-state index in [2.05, 4.69) is 15.5 Å². The van der Waals surface area contributed by atoms with Crippen LogP contribution >= 0.6 is 0 Å². The number of hydrogen-bond donors (Lipinski definition) is 1. The van der Waals surface area contributed by atoms with E-state index >= 15 is 0 Å². The van der Waals surface area contributed by atoms with E-state index in [-0.39, 0.29) is 5.91 Å². The first-order chi connectivity index (χ1) is 13.2. The van der Waals surface area contributed by atoms with Gasteiger partial charge in [-0.25, -0.2) is 0 Å². The Hall–Kier alpha value is -2.37. The van der Waals surface area contributed by atoms with Crippen molar-refractivity contribution in [1.82, 2.24) is 15.5 Å². The van der Waals surface area contributed by atoms with Crippen molar-refractivity contribution in [2.45, 2.75) is 70.3 Å². The van der Waals surface area contributed by atoms with Gasteiger partial charge in [0.15, 0.2) is 0 Å². The van der Waals surface area contributed by atoms with E-state index in [0.29, 0.717) is 37.1 Å². The van der Waals surface area contributed by atoms with Crippen molar-refractivity contribution in [2.75, 3.05) is 7.11 Å². The third-order valence-corrected chi connectivity index (χ3v) is 5.08. The van der Waals surface area contributed by atoms with E-state index in [0.717, 1.165) is 25.0 Å². The van der Waals surface area contributed by atoms with Gasteiger partial charge in [-0.2, -0.15) is 0 Å². The van der Waals surface area contributed by atoms with Gasteiger partial charge in [0.25, 0.3) is 0 Å². The first-order valence-electron chi connectivity index (χ1n) is 9.96. The zero-order valence-corrected chi connectivity index (χ0v) is 16.1. The van der Waals surface area contributed by atoms with E-state index < -0.39 is 0 Å². The SMILES string of the molecule is COc1ccc(CCc2nnc(CCC(=O)NC3CCCCCC3)o2)cc1. The molecule has 0 atom stereocenters. The Morgan fingerprint density at radius 3 is 2.37 bits per heavy atom. The second-order valence-electron chi connectivity index (χ2n) is 7.19. The number of amides is 1. The summed E-state index contributed by atoms with van der Waals surface area (Å²) in [6.45, 7) is 0. The van der Waals surface area contributed by atoms with Crippen molar-refractivity contribution in [3.8, 4) is 5.75 Å². The van der Waals surface area contributed by atoms with Crippen molar-refractivity contribution in [3.05, 3.63) is 41.6 Å². The summed E-state index contributed by atoms with van der Waals surface area (Å²) in [5.41, 5.74) is 1.19. The number of rotatable bonds is 8. The quantitative estimate of drug-likeness (QED) is 0.717. The molecule has 0 saturated heterocycles. The Balaban J connectivity index is 1.40. The number of nitrogens with zero attached hydrogens (tertiary/aromatic N) is 2. The van der Waals surface area contributed by atoms with Gasteiger partial charge in [0, 0.05) is 25.3 Å². The first kappa shape index (κ1) is 19.4. The van der Waals surface area contributed by atoms with Crippen LogP contribution in [0.4, 0.5) is 0 Å². The average Bonchev–Trinajstić information content (AvgIpc) is 3.00. The van der Waals surface area contributed by atoms with E-state index in [1.165, 1.54) is 31.2 Å². The van der Waals surface area contributed by atoms with Crippen molar-refractivity contribution in [2.24, 2.45) is 0 Å². The van der Waals surface area contributed by atoms with E-state index in [1.54, 1.807) is 7.11 Å². The molecule has 0 bridgehead atoms. The van der Waals surface area contributed by atoms with Crippen LogP contribution in [0.5, 0.6) is 5.75 Å². The van der Waals surface area contributed by atoms with Crippen molar-refractivity contribution >= 4 is 5.91 Å². The molecule has 27 heavy (non-hydrogen) atoms. The molecule has 0 radical (unpaired) electrons. The predicted octanol–water partition coefficient (Wildman–Crippen LogP) is 3.64. The summed E-state index contributed by atoms with van der Waals surface area (Å²) in [7, 11) is 1.66. The maximum Gasteiger partial charge on any atom is 0.220 e. The normalized spacial score (nSPS) is 15.3. The van der Waals surface area contributed by atoms with Gasteiger partial charge in [-0.05, 0) is 37.0 Å².